The van der Waals surface area contributed by atoms with Gasteiger partial charge in [0.2, 0.25) is 5.91 Å². The molecule has 0 saturated heterocycles. The van der Waals surface area contributed by atoms with Gasteiger partial charge in [-0.05, 0) is 48.1 Å². The molecule has 1 heterocycles. The molecule has 0 bridgehead atoms. The number of pyridine rings is 1. The summed E-state index contributed by atoms with van der Waals surface area (Å²) in [6.45, 7) is 1.76. The zero-order valence-electron chi connectivity index (χ0n) is 14.2. The summed E-state index contributed by atoms with van der Waals surface area (Å²) in [6.07, 6.45) is 1.13. The number of benzene rings is 1. The second-order valence-electron chi connectivity index (χ2n) is 6.31. The van der Waals surface area contributed by atoms with Crippen molar-refractivity contribution in [3.05, 3.63) is 53.1 Å². The van der Waals surface area contributed by atoms with Crippen LogP contribution in [0.3, 0.4) is 0 Å². The first-order valence-corrected chi connectivity index (χ1v) is 8.44. The molecule has 1 unspecified atom stereocenters. The molecular weight excluding hydrogens is 348 g/mol. The summed E-state index contributed by atoms with van der Waals surface area (Å²) >= 11 is 0. The number of alkyl halides is 3. The van der Waals surface area contributed by atoms with E-state index in [1.54, 1.807) is 13.1 Å². The van der Waals surface area contributed by atoms with Gasteiger partial charge in [0.05, 0.1) is 11.6 Å². The maximum absolute atomic E-state index is 14.0. The van der Waals surface area contributed by atoms with Crippen molar-refractivity contribution in [1.29, 1.82) is 0 Å². The van der Waals surface area contributed by atoms with Crippen molar-refractivity contribution < 1.29 is 22.4 Å². The number of hydrogen-bond donors (Lipinski definition) is 1. The van der Waals surface area contributed by atoms with Crippen molar-refractivity contribution in [2.45, 2.75) is 44.8 Å². The summed E-state index contributed by atoms with van der Waals surface area (Å²) < 4.78 is 52.3. The van der Waals surface area contributed by atoms with Crippen LogP contribution in [0.15, 0.2) is 30.6 Å². The highest BCUT2D eigenvalue weighted by Gasteiger charge is 2.34. The van der Waals surface area contributed by atoms with Gasteiger partial charge in [0.25, 0.3) is 0 Å². The molecule has 26 heavy (non-hydrogen) atoms. The first kappa shape index (κ1) is 18.4. The monoisotopic (exact) mass is 366 g/mol. The number of nitrogens with one attached hydrogen (secondary N) is 1. The van der Waals surface area contributed by atoms with Crippen molar-refractivity contribution in [2.24, 2.45) is 0 Å². The topological polar surface area (TPSA) is 42.0 Å². The van der Waals surface area contributed by atoms with Crippen LogP contribution >= 0.6 is 0 Å². The molecule has 0 aliphatic heterocycles. The molecule has 3 rings (SSSR count). The molecule has 0 radical (unpaired) electrons. The fourth-order valence-electron chi connectivity index (χ4n) is 3.33. The van der Waals surface area contributed by atoms with Crippen LogP contribution in [0.4, 0.5) is 17.6 Å². The van der Waals surface area contributed by atoms with E-state index in [0.29, 0.717) is 24.0 Å². The number of nitrogens with zero attached hydrogens (tertiary/aromatic N) is 1. The van der Waals surface area contributed by atoms with Gasteiger partial charge in [0.1, 0.15) is 5.82 Å². The van der Waals surface area contributed by atoms with E-state index < -0.39 is 17.6 Å². The van der Waals surface area contributed by atoms with Crippen molar-refractivity contribution in [1.82, 2.24) is 10.3 Å². The van der Waals surface area contributed by atoms with Crippen LogP contribution in [0.2, 0.25) is 0 Å². The van der Waals surface area contributed by atoms with Gasteiger partial charge in [-0.2, -0.15) is 13.2 Å². The Hall–Kier alpha value is -2.44. The predicted molar refractivity (Wildman–Crippen MR) is 88.7 cm³/mol. The smallest absolute Gasteiger partial charge is 0.349 e. The number of amides is 1. The largest absolute Gasteiger partial charge is 0.419 e. The minimum Gasteiger partial charge on any atom is -0.349 e. The van der Waals surface area contributed by atoms with Crippen LogP contribution in [0, 0.1) is 5.82 Å². The molecule has 0 fully saturated rings. The number of aromatic nitrogens is 1. The summed E-state index contributed by atoms with van der Waals surface area (Å²) in [6, 6.07) is 2.73. The molecule has 0 saturated carbocycles. The fourth-order valence-corrected chi connectivity index (χ4v) is 3.33. The lowest BCUT2D eigenvalue weighted by atomic mass is 9.84. The number of carbonyl (C=O) groups excluding carboxylic acids is 1. The Balaban J connectivity index is 2.01. The van der Waals surface area contributed by atoms with Gasteiger partial charge in [0.15, 0.2) is 0 Å². The molecule has 1 aliphatic rings. The summed E-state index contributed by atoms with van der Waals surface area (Å²) in [4.78, 5) is 15.9. The lowest BCUT2D eigenvalue weighted by Gasteiger charge is -2.27. The van der Waals surface area contributed by atoms with E-state index in [2.05, 4.69) is 10.3 Å². The van der Waals surface area contributed by atoms with Gasteiger partial charge in [-0.1, -0.05) is 13.0 Å². The quantitative estimate of drug-likeness (QED) is 0.792. The minimum absolute atomic E-state index is 0.0752. The Bertz CT molecular complexity index is 833. The van der Waals surface area contributed by atoms with Crippen LogP contribution in [0.5, 0.6) is 0 Å². The molecule has 1 aliphatic carbocycles. The molecule has 2 aromatic rings. The number of halogens is 4. The van der Waals surface area contributed by atoms with Gasteiger partial charge >= 0.3 is 6.18 Å². The predicted octanol–water partition coefficient (Wildman–Crippen LogP) is 4.81. The summed E-state index contributed by atoms with van der Waals surface area (Å²) in [5, 5.41) is 2.94. The van der Waals surface area contributed by atoms with Crippen LogP contribution in [-0.2, 0) is 17.4 Å². The summed E-state index contributed by atoms with van der Waals surface area (Å²) in [5.74, 6) is -1.38. The maximum Gasteiger partial charge on any atom is 0.419 e. The number of fused-ring (bicyclic) bond motifs is 1. The second kappa shape index (κ2) is 7.05. The maximum atomic E-state index is 14.0. The SMILES string of the molecule is CCC(=O)NC1CCCc2c(-c3ccc(C(F)(F)F)c(F)c3)cncc21. The number of hydrogen-bond acceptors (Lipinski definition) is 2. The fraction of sp³-hybridized carbons (Fsp3) is 0.368. The van der Waals surface area contributed by atoms with Gasteiger partial charge in [0, 0.05) is 24.4 Å². The number of rotatable bonds is 3. The average molecular weight is 366 g/mol. The van der Waals surface area contributed by atoms with Crippen molar-refractivity contribution >= 4 is 5.91 Å². The molecule has 7 heteroatoms. The Kier molecular flexibility index (Phi) is 4.98. The molecule has 1 amide bonds. The van der Waals surface area contributed by atoms with Crippen molar-refractivity contribution in [3.63, 3.8) is 0 Å². The van der Waals surface area contributed by atoms with E-state index in [9.17, 15) is 22.4 Å². The normalized spacial score (nSPS) is 16.9. The van der Waals surface area contributed by atoms with Gasteiger partial charge < -0.3 is 5.32 Å². The van der Waals surface area contributed by atoms with Gasteiger partial charge in [-0.15, -0.1) is 0 Å². The average Bonchev–Trinajstić information content (AvgIpc) is 2.60. The molecular formula is C19H18F4N2O. The minimum atomic E-state index is -4.73. The van der Waals surface area contributed by atoms with Gasteiger partial charge in [-0.3, -0.25) is 9.78 Å². The molecule has 138 valence electrons. The molecule has 3 nitrogen and oxygen atoms in total. The summed E-state index contributed by atoms with van der Waals surface area (Å²) in [5.41, 5.74) is 1.41. The highest BCUT2D eigenvalue weighted by Crippen LogP contribution is 2.38. The van der Waals surface area contributed by atoms with E-state index >= 15 is 0 Å². The van der Waals surface area contributed by atoms with E-state index in [0.717, 1.165) is 36.1 Å². The Morgan fingerprint density at radius 1 is 1.31 bits per heavy atom. The van der Waals surface area contributed by atoms with Crippen LogP contribution in [-0.4, -0.2) is 10.9 Å². The Morgan fingerprint density at radius 2 is 2.08 bits per heavy atom. The molecule has 1 atom stereocenters. The zero-order chi connectivity index (χ0) is 18.9. The third-order valence-corrected chi connectivity index (χ3v) is 4.63. The highest BCUT2D eigenvalue weighted by molar-refractivity contribution is 5.76. The van der Waals surface area contributed by atoms with Crippen LogP contribution in [0.1, 0.15) is 48.9 Å². The highest BCUT2D eigenvalue weighted by atomic mass is 19.4. The summed E-state index contributed by atoms with van der Waals surface area (Å²) in [7, 11) is 0. The standard InChI is InChI=1S/C19H18F4N2O/c1-2-18(26)25-17-5-3-4-12-13(9-24-10-14(12)17)11-6-7-15(16(20)8-11)19(21,22)23/h6-10,17H,2-5H2,1H3,(H,25,26). The first-order valence-electron chi connectivity index (χ1n) is 8.44. The molecule has 1 aromatic heterocycles. The second-order valence-corrected chi connectivity index (χ2v) is 6.31. The lowest BCUT2D eigenvalue weighted by Crippen LogP contribution is -2.30. The van der Waals surface area contributed by atoms with Crippen molar-refractivity contribution in [3.8, 4) is 11.1 Å². The molecule has 1 N–H and O–H groups in total. The van der Waals surface area contributed by atoms with Crippen LogP contribution in [0.25, 0.3) is 11.1 Å². The molecule has 0 spiro atoms. The molecule has 1 aromatic carbocycles. The van der Waals surface area contributed by atoms with E-state index in [-0.39, 0.29) is 11.9 Å². The van der Waals surface area contributed by atoms with E-state index in [1.165, 1.54) is 12.3 Å². The number of carbonyl (C=O) groups is 1. The Labute approximate surface area is 148 Å². The van der Waals surface area contributed by atoms with E-state index in [1.807, 2.05) is 0 Å². The van der Waals surface area contributed by atoms with Crippen molar-refractivity contribution in [2.75, 3.05) is 0 Å². The Morgan fingerprint density at radius 3 is 2.73 bits per heavy atom. The third-order valence-electron chi connectivity index (χ3n) is 4.63. The van der Waals surface area contributed by atoms with Crippen LogP contribution < -0.4 is 5.32 Å². The third kappa shape index (κ3) is 3.57. The zero-order valence-corrected chi connectivity index (χ0v) is 14.2. The van der Waals surface area contributed by atoms with E-state index in [4.69, 9.17) is 0 Å². The lowest BCUT2D eigenvalue weighted by molar-refractivity contribution is -0.140. The first-order chi connectivity index (χ1) is 12.3. The van der Waals surface area contributed by atoms with Gasteiger partial charge in [-0.25, -0.2) is 4.39 Å².